The van der Waals surface area contributed by atoms with E-state index < -0.39 is 0 Å². The van der Waals surface area contributed by atoms with Gasteiger partial charge in [-0.15, -0.1) is 0 Å². The smallest absolute Gasteiger partial charge is 0.188 e. The van der Waals surface area contributed by atoms with Crippen LogP contribution in [0.2, 0.25) is 0 Å². The van der Waals surface area contributed by atoms with Crippen molar-refractivity contribution in [3.63, 3.8) is 0 Å². The van der Waals surface area contributed by atoms with Gasteiger partial charge in [-0.05, 0) is 18.8 Å². The largest absolute Gasteiger partial charge is 0.373 e. The van der Waals surface area contributed by atoms with Gasteiger partial charge in [0, 0.05) is 5.56 Å². The Bertz CT molecular complexity index is 315. The highest BCUT2D eigenvalue weighted by Crippen LogP contribution is 2.26. The van der Waals surface area contributed by atoms with E-state index in [0.29, 0.717) is 5.92 Å². The van der Waals surface area contributed by atoms with E-state index in [1.165, 1.54) is 19.3 Å². The molecule has 80 valence electrons. The Morgan fingerprint density at radius 1 is 1.27 bits per heavy atom. The summed E-state index contributed by atoms with van der Waals surface area (Å²) in [7, 11) is 0. The summed E-state index contributed by atoms with van der Waals surface area (Å²) in [6.07, 6.45) is 3.85. The fourth-order valence-corrected chi connectivity index (χ4v) is 1.69. The number of hydrogen-bond acceptors (Lipinski definition) is 2. The van der Waals surface area contributed by atoms with Crippen LogP contribution in [0.25, 0.3) is 0 Å². The van der Waals surface area contributed by atoms with Crippen LogP contribution in [-0.2, 0) is 4.74 Å². The highest BCUT2D eigenvalue weighted by molar-refractivity contribution is 5.96. The second-order valence-electron chi connectivity index (χ2n) is 4.10. The lowest BCUT2D eigenvalue weighted by Gasteiger charge is -2.24. The van der Waals surface area contributed by atoms with Crippen molar-refractivity contribution in [2.45, 2.75) is 19.3 Å². The lowest BCUT2D eigenvalue weighted by Crippen LogP contribution is -2.20. The van der Waals surface area contributed by atoms with Crippen LogP contribution >= 0.6 is 0 Å². The van der Waals surface area contributed by atoms with Crippen LogP contribution in [0.15, 0.2) is 30.3 Å². The van der Waals surface area contributed by atoms with Gasteiger partial charge in [-0.1, -0.05) is 36.8 Å². The topological polar surface area (TPSA) is 26.3 Å². The Hall–Kier alpha value is -1.15. The molecule has 0 saturated heterocycles. The van der Waals surface area contributed by atoms with Crippen molar-refractivity contribution in [1.29, 1.82) is 0 Å². The Balaban J connectivity index is 1.72. The molecule has 0 N–H and O–H groups in total. The first-order chi connectivity index (χ1) is 7.36. The Morgan fingerprint density at radius 2 is 2.00 bits per heavy atom. The van der Waals surface area contributed by atoms with Crippen LogP contribution in [-0.4, -0.2) is 19.0 Å². The zero-order valence-electron chi connectivity index (χ0n) is 8.82. The second kappa shape index (κ2) is 5.08. The summed E-state index contributed by atoms with van der Waals surface area (Å²) >= 11 is 0. The monoisotopic (exact) mass is 204 g/mol. The van der Waals surface area contributed by atoms with E-state index >= 15 is 0 Å². The molecular weight excluding hydrogens is 188 g/mol. The summed E-state index contributed by atoms with van der Waals surface area (Å²) in [5, 5.41) is 0. The van der Waals surface area contributed by atoms with Crippen molar-refractivity contribution in [2.24, 2.45) is 5.92 Å². The molecule has 2 nitrogen and oxygen atoms in total. The van der Waals surface area contributed by atoms with Crippen LogP contribution in [0, 0.1) is 5.92 Å². The number of ketones is 1. The maximum absolute atomic E-state index is 11.6. The molecule has 0 bridgehead atoms. The third kappa shape index (κ3) is 2.90. The third-order valence-corrected chi connectivity index (χ3v) is 2.91. The summed E-state index contributed by atoms with van der Waals surface area (Å²) in [6.45, 7) is 0.971. The number of ether oxygens (including phenoxy) is 1. The van der Waals surface area contributed by atoms with Gasteiger partial charge in [-0.2, -0.15) is 0 Å². The lowest BCUT2D eigenvalue weighted by molar-refractivity contribution is 0.0562. The summed E-state index contributed by atoms with van der Waals surface area (Å²) in [4.78, 5) is 11.6. The van der Waals surface area contributed by atoms with Crippen LogP contribution in [0.3, 0.4) is 0 Å². The van der Waals surface area contributed by atoms with Gasteiger partial charge in [0.1, 0.15) is 6.61 Å². The van der Waals surface area contributed by atoms with E-state index in [0.717, 1.165) is 12.2 Å². The first kappa shape index (κ1) is 10.4. The number of hydrogen-bond donors (Lipinski definition) is 0. The van der Waals surface area contributed by atoms with E-state index in [4.69, 9.17) is 4.74 Å². The summed E-state index contributed by atoms with van der Waals surface area (Å²) in [6, 6.07) is 9.31. The van der Waals surface area contributed by atoms with E-state index in [-0.39, 0.29) is 12.4 Å². The van der Waals surface area contributed by atoms with Crippen LogP contribution in [0.4, 0.5) is 0 Å². The average molecular weight is 204 g/mol. The second-order valence-corrected chi connectivity index (χ2v) is 4.10. The van der Waals surface area contributed by atoms with Crippen molar-refractivity contribution in [3.05, 3.63) is 35.9 Å². The standard InChI is InChI=1S/C13H16O2/c14-13(12-7-2-1-3-8-12)10-15-9-11-5-4-6-11/h1-3,7-8,11H,4-6,9-10H2. The van der Waals surface area contributed by atoms with Crippen LogP contribution < -0.4 is 0 Å². The van der Waals surface area contributed by atoms with E-state index in [1.807, 2.05) is 30.3 Å². The SMILES string of the molecule is O=C(COCC1CCC1)c1ccccc1. The van der Waals surface area contributed by atoms with Crippen molar-refractivity contribution in [2.75, 3.05) is 13.2 Å². The molecule has 0 heterocycles. The Kier molecular flexibility index (Phi) is 3.51. The Labute approximate surface area is 90.3 Å². The highest BCUT2D eigenvalue weighted by atomic mass is 16.5. The Morgan fingerprint density at radius 3 is 2.60 bits per heavy atom. The minimum atomic E-state index is 0.0786. The summed E-state index contributed by atoms with van der Waals surface area (Å²) < 4.78 is 5.40. The molecule has 2 heteroatoms. The molecule has 1 aromatic carbocycles. The minimum absolute atomic E-state index is 0.0786. The average Bonchev–Trinajstić information content (AvgIpc) is 2.23. The normalized spacial score (nSPS) is 16.0. The lowest BCUT2D eigenvalue weighted by atomic mass is 9.86. The molecule has 0 atom stereocenters. The first-order valence-electron chi connectivity index (χ1n) is 5.52. The van der Waals surface area contributed by atoms with Gasteiger partial charge < -0.3 is 4.74 Å². The van der Waals surface area contributed by atoms with E-state index in [9.17, 15) is 4.79 Å². The number of rotatable bonds is 5. The predicted molar refractivity (Wildman–Crippen MR) is 58.9 cm³/mol. The van der Waals surface area contributed by atoms with Gasteiger partial charge in [0.05, 0.1) is 6.61 Å². The molecule has 2 rings (SSSR count). The summed E-state index contributed by atoms with van der Waals surface area (Å²) in [5.41, 5.74) is 0.742. The number of carbonyl (C=O) groups excluding carboxylic acids is 1. The minimum Gasteiger partial charge on any atom is -0.373 e. The molecule has 1 aliphatic carbocycles. The van der Waals surface area contributed by atoms with Crippen LogP contribution in [0.5, 0.6) is 0 Å². The van der Waals surface area contributed by atoms with Gasteiger partial charge >= 0.3 is 0 Å². The zero-order chi connectivity index (χ0) is 10.5. The molecule has 0 aromatic heterocycles. The number of benzene rings is 1. The fourth-order valence-electron chi connectivity index (χ4n) is 1.69. The van der Waals surface area contributed by atoms with Crippen molar-refractivity contribution < 1.29 is 9.53 Å². The molecule has 1 aromatic rings. The molecule has 0 radical (unpaired) electrons. The van der Waals surface area contributed by atoms with Crippen molar-refractivity contribution in [1.82, 2.24) is 0 Å². The van der Waals surface area contributed by atoms with E-state index in [1.54, 1.807) is 0 Å². The van der Waals surface area contributed by atoms with Crippen molar-refractivity contribution in [3.8, 4) is 0 Å². The number of Topliss-reactive ketones (excluding diaryl/α,β-unsaturated/α-hetero) is 1. The van der Waals surface area contributed by atoms with E-state index in [2.05, 4.69) is 0 Å². The molecule has 1 saturated carbocycles. The fraction of sp³-hybridized carbons (Fsp3) is 0.462. The molecule has 1 fully saturated rings. The van der Waals surface area contributed by atoms with Gasteiger partial charge in [-0.3, -0.25) is 4.79 Å². The van der Waals surface area contributed by atoms with Crippen LogP contribution in [0.1, 0.15) is 29.6 Å². The molecule has 0 unspecified atom stereocenters. The van der Waals surface area contributed by atoms with Gasteiger partial charge in [0.2, 0.25) is 0 Å². The molecule has 15 heavy (non-hydrogen) atoms. The maximum Gasteiger partial charge on any atom is 0.188 e. The predicted octanol–water partition coefficient (Wildman–Crippen LogP) is 2.69. The van der Waals surface area contributed by atoms with Gasteiger partial charge in [0.25, 0.3) is 0 Å². The molecule has 0 aliphatic heterocycles. The van der Waals surface area contributed by atoms with Gasteiger partial charge in [0.15, 0.2) is 5.78 Å². The third-order valence-electron chi connectivity index (χ3n) is 2.91. The molecular formula is C13H16O2. The van der Waals surface area contributed by atoms with Gasteiger partial charge in [-0.25, -0.2) is 0 Å². The maximum atomic E-state index is 11.6. The highest BCUT2D eigenvalue weighted by Gasteiger charge is 2.17. The molecule has 1 aliphatic rings. The molecule has 0 spiro atoms. The number of carbonyl (C=O) groups is 1. The summed E-state index contributed by atoms with van der Waals surface area (Å²) in [5.74, 6) is 0.781. The quantitative estimate of drug-likeness (QED) is 0.689. The first-order valence-corrected chi connectivity index (χ1v) is 5.52. The zero-order valence-corrected chi connectivity index (χ0v) is 8.82. The van der Waals surface area contributed by atoms with Crippen molar-refractivity contribution >= 4 is 5.78 Å². The molecule has 0 amide bonds.